The first kappa shape index (κ1) is 35.2. The summed E-state index contributed by atoms with van der Waals surface area (Å²) < 4.78 is 0. The van der Waals surface area contributed by atoms with Crippen LogP contribution in [0.15, 0.2) is 200 Å². The van der Waals surface area contributed by atoms with Gasteiger partial charge in [0.05, 0.1) is 11.4 Å². The monoisotopic (exact) mass is 755 g/mol. The lowest BCUT2D eigenvalue weighted by atomic mass is 9.79. The lowest BCUT2D eigenvalue weighted by Gasteiger charge is -2.32. The Hall–Kier alpha value is -6.96. The van der Waals surface area contributed by atoms with Gasteiger partial charge in [0, 0.05) is 27.6 Å². The van der Waals surface area contributed by atoms with E-state index in [1.807, 2.05) is 0 Å². The molecular formula is C58H45N. The highest BCUT2D eigenvalue weighted by molar-refractivity contribution is 6.09. The van der Waals surface area contributed by atoms with Gasteiger partial charge in [0.15, 0.2) is 0 Å². The molecule has 0 unspecified atom stereocenters. The molecule has 0 amide bonds. The van der Waals surface area contributed by atoms with Crippen LogP contribution in [0.4, 0.5) is 17.1 Å². The summed E-state index contributed by atoms with van der Waals surface area (Å²) in [6.07, 6.45) is 0. The van der Waals surface area contributed by atoms with Gasteiger partial charge in [-0.05, 0) is 108 Å². The number of anilines is 3. The van der Waals surface area contributed by atoms with Crippen molar-refractivity contribution in [2.75, 3.05) is 4.90 Å². The van der Waals surface area contributed by atoms with E-state index >= 15 is 0 Å². The molecule has 0 saturated heterocycles. The lowest BCUT2D eigenvalue weighted by molar-refractivity contribution is 0.660. The maximum absolute atomic E-state index is 2.56. The van der Waals surface area contributed by atoms with Crippen molar-refractivity contribution in [1.82, 2.24) is 0 Å². The Morgan fingerprint density at radius 3 is 1.63 bits per heavy atom. The second-order valence-corrected chi connectivity index (χ2v) is 17.3. The van der Waals surface area contributed by atoms with Crippen LogP contribution in [0.2, 0.25) is 0 Å². The smallest absolute Gasteiger partial charge is 0.0543 e. The van der Waals surface area contributed by atoms with Gasteiger partial charge in [-0.2, -0.15) is 0 Å². The molecule has 0 heterocycles. The third-order valence-electron chi connectivity index (χ3n) is 13.3. The molecule has 0 aromatic heterocycles. The Kier molecular flexibility index (Phi) is 7.94. The van der Waals surface area contributed by atoms with Crippen molar-refractivity contribution in [2.45, 2.75) is 38.5 Å². The van der Waals surface area contributed by atoms with E-state index in [9.17, 15) is 0 Å². The van der Waals surface area contributed by atoms with E-state index in [0.717, 1.165) is 11.4 Å². The molecule has 9 aromatic carbocycles. The third kappa shape index (κ3) is 5.38. The highest BCUT2D eigenvalue weighted by atomic mass is 15.1. The van der Waals surface area contributed by atoms with Crippen LogP contribution < -0.4 is 4.90 Å². The van der Waals surface area contributed by atoms with Crippen molar-refractivity contribution in [3.05, 3.63) is 222 Å². The van der Waals surface area contributed by atoms with E-state index in [-0.39, 0.29) is 10.8 Å². The number of nitrogens with zero attached hydrogens (tertiary/aromatic N) is 1. The topological polar surface area (TPSA) is 3.24 Å². The van der Waals surface area contributed by atoms with Gasteiger partial charge in [-0.25, -0.2) is 0 Å². The molecule has 1 nitrogen and oxygen atoms in total. The van der Waals surface area contributed by atoms with E-state index in [4.69, 9.17) is 0 Å². The van der Waals surface area contributed by atoms with Gasteiger partial charge >= 0.3 is 0 Å². The van der Waals surface area contributed by atoms with Crippen LogP contribution in [0, 0.1) is 0 Å². The fourth-order valence-electron chi connectivity index (χ4n) is 10.4. The molecule has 2 aliphatic carbocycles. The molecule has 0 atom stereocenters. The van der Waals surface area contributed by atoms with Gasteiger partial charge in [-0.3, -0.25) is 0 Å². The molecule has 0 bridgehead atoms. The van der Waals surface area contributed by atoms with E-state index < -0.39 is 0 Å². The molecule has 0 aliphatic heterocycles. The second kappa shape index (κ2) is 13.3. The molecule has 1 heteroatoms. The Labute approximate surface area is 347 Å². The number of hydrogen-bond acceptors (Lipinski definition) is 1. The van der Waals surface area contributed by atoms with Gasteiger partial charge in [0.1, 0.15) is 0 Å². The zero-order valence-corrected chi connectivity index (χ0v) is 34.0. The fraction of sp³-hybridized carbons (Fsp3) is 0.103. The fourth-order valence-corrected chi connectivity index (χ4v) is 10.4. The van der Waals surface area contributed by atoms with Crippen LogP contribution in [0.5, 0.6) is 0 Å². The highest BCUT2D eigenvalue weighted by Gasteiger charge is 2.41. The van der Waals surface area contributed by atoms with Crippen molar-refractivity contribution < 1.29 is 0 Å². The number of fused-ring (bicyclic) bond motifs is 8. The predicted molar refractivity (Wildman–Crippen MR) is 250 cm³/mol. The minimum Gasteiger partial charge on any atom is -0.309 e. The van der Waals surface area contributed by atoms with Crippen LogP contribution in [0.3, 0.4) is 0 Å². The molecule has 0 radical (unpaired) electrons. The van der Waals surface area contributed by atoms with E-state index in [1.54, 1.807) is 0 Å². The molecule has 0 saturated carbocycles. The molecule has 2 aliphatic rings. The first-order valence-electron chi connectivity index (χ1n) is 20.9. The number of para-hydroxylation sites is 1. The lowest BCUT2D eigenvalue weighted by Crippen LogP contribution is -2.18. The minimum atomic E-state index is -0.227. The summed E-state index contributed by atoms with van der Waals surface area (Å²) in [6, 6.07) is 74.2. The largest absolute Gasteiger partial charge is 0.309 e. The summed E-state index contributed by atoms with van der Waals surface area (Å²) in [5, 5.41) is 2.61. The summed E-state index contributed by atoms with van der Waals surface area (Å²) in [7, 11) is 0. The zero-order chi connectivity index (χ0) is 39.9. The van der Waals surface area contributed by atoms with Crippen LogP contribution in [0.25, 0.3) is 66.4 Å². The molecular weight excluding hydrogens is 711 g/mol. The molecule has 0 N–H and O–H groups in total. The first-order chi connectivity index (χ1) is 28.8. The Morgan fingerprint density at radius 1 is 0.322 bits per heavy atom. The summed E-state index contributed by atoms with van der Waals surface area (Å²) in [5.41, 5.74) is 21.2. The van der Waals surface area contributed by atoms with Gasteiger partial charge < -0.3 is 4.90 Å². The molecule has 9 aromatic rings. The second-order valence-electron chi connectivity index (χ2n) is 17.3. The summed E-state index contributed by atoms with van der Waals surface area (Å²) in [5.74, 6) is 0. The van der Waals surface area contributed by atoms with Crippen molar-refractivity contribution in [3.63, 3.8) is 0 Å². The van der Waals surface area contributed by atoms with Crippen LogP contribution in [-0.2, 0) is 10.8 Å². The van der Waals surface area contributed by atoms with Crippen molar-refractivity contribution in [2.24, 2.45) is 0 Å². The standard InChI is InChI=1S/C58H45N/c1-57(2)50-26-15-13-24-45(50)46-35-34-42(36-52(46)57)59(53-28-16-14-22-43(53)41-32-30-39(31-33-41)38-18-7-5-8-19-38)54-29-17-27-51-55(54)49-37-48(40-20-9-6-10-21-40)44-23-11-12-25-47(44)56(49)58(51,3)4/h5-37H,1-4H3. The van der Waals surface area contributed by atoms with Gasteiger partial charge in [0.2, 0.25) is 0 Å². The molecule has 0 spiro atoms. The third-order valence-corrected chi connectivity index (χ3v) is 13.3. The Morgan fingerprint density at radius 2 is 0.864 bits per heavy atom. The van der Waals surface area contributed by atoms with E-state index in [0.29, 0.717) is 0 Å². The van der Waals surface area contributed by atoms with Gasteiger partial charge in [-0.1, -0.05) is 198 Å². The highest BCUT2D eigenvalue weighted by Crippen LogP contribution is 2.58. The number of benzene rings is 9. The minimum absolute atomic E-state index is 0.142. The summed E-state index contributed by atoms with van der Waals surface area (Å²) >= 11 is 0. The summed E-state index contributed by atoms with van der Waals surface area (Å²) in [4.78, 5) is 2.56. The Balaban J connectivity index is 1.18. The molecule has 11 rings (SSSR count). The predicted octanol–water partition coefficient (Wildman–Crippen LogP) is 15.9. The van der Waals surface area contributed by atoms with E-state index in [2.05, 4.69) is 233 Å². The summed E-state index contributed by atoms with van der Waals surface area (Å²) in [6.45, 7) is 9.59. The normalized spacial score (nSPS) is 14.0. The SMILES string of the molecule is CC1(C)c2ccccc2-c2ccc(N(c3ccccc3-c3ccc(-c4ccccc4)cc3)c3cccc4c3-c3cc(-c5ccccc5)c5ccccc5c3C4(C)C)cc21. The first-order valence-corrected chi connectivity index (χ1v) is 20.9. The Bertz CT molecular complexity index is 3080. The molecule has 0 fully saturated rings. The van der Waals surface area contributed by atoms with Crippen LogP contribution in [0.1, 0.15) is 49.9 Å². The average Bonchev–Trinajstić information content (AvgIpc) is 3.66. The average molecular weight is 756 g/mol. The maximum atomic E-state index is 2.56. The number of hydrogen-bond donors (Lipinski definition) is 0. The molecule has 59 heavy (non-hydrogen) atoms. The number of rotatable bonds is 6. The molecule has 282 valence electrons. The van der Waals surface area contributed by atoms with Gasteiger partial charge in [0.25, 0.3) is 0 Å². The van der Waals surface area contributed by atoms with Crippen LogP contribution in [-0.4, -0.2) is 0 Å². The van der Waals surface area contributed by atoms with Crippen LogP contribution >= 0.6 is 0 Å². The van der Waals surface area contributed by atoms with Crippen molar-refractivity contribution in [1.29, 1.82) is 0 Å². The maximum Gasteiger partial charge on any atom is 0.0543 e. The van der Waals surface area contributed by atoms with Gasteiger partial charge in [-0.15, -0.1) is 0 Å². The van der Waals surface area contributed by atoms with Crippen molar-refractivity contribution >= 4 is 27.8 Å². The zero-order valence-electron chi connectivity index (χ0n) is 34.0. The quantitative estimate of drug-likeness (QED) is 0.163. The van der Waals surface area contributed by atoms with E-state index in [1.165, 1.54) is 94.3 Å². The van der Waals surface area contributed by atoms with Crippen molar-refractivity contribution in [3.8, 4) is 55.6 Å².